The minimum Gasteiger partial charge on any atom is -0.236 e. The monoisotopic (exact) mass is 510 g/mol. The van der Waals surface area contributed by atoms with Crippen LogP contribution in [0.4, 0.5) is 0 Å². The molecule has 34 heavy (non-hydrogen) atoms. The molecule has 0 aliphatic heterocycles. The first-order chi connectivity index (χ1) is 15.4. The van der Waals surface area contributed by atoms with Gasteiger partial charge in [-0.1, -0.05) is 107 Å². The van der Waals surface area contributed by atoms with Crippen LogP contribution in [-0.4, -0.2) is 0 Å². The van der Waals surface area contributed by atoms with E-state index in [0.717, 1.165) is 0 Å². The van der Waals surface area contributed by atoms with Crippen LogP contribution in [0.15, 0.2) is 24.3 Å². The van der Waals surface area contributed by atoms with E-state index in [1.54, 1.807) is 0 Å². The molecule has 194 valence electrons. The fraction of sp³-hybridized carbons (Fsp3) is 0.786. The molecule has 1 aromatic rings. The maximum Gasteiger partial charge on any atom is 0.327 e. The predicted molar refractivity (Wildman–Crippen MR) is 143 cm³/mol. The van der Waals surface area contributed by atoms with Crippen LogP contribution < -0.4 is 0 Å². The van der Waals surface area contributed by atoms with Crippen LogP contribution >= 0.6 is 15.4 Å². The molecule has 4 nitrogen and oxygen atoms in total. The lowest BCUT2D eigenvalue weighted by Gasteiger charge is -2.56. The Bertz CT molecular complexity index is 882. The molecule has 0 fully saturated rings. The molecule has 0 saturated heterocycles. The lowest BCUT2D eigenvalue weighted by Crippen LogP contribution is -2.54. The molecule has 0 saturated carbocycles. The van der Waals surface area contributed by atoms with Crippen LogP contribution in [0.5, 0.6) is 0 Å². The summed E-state index contributed by atoms with van der Waals surface area (Å²) >= 11 is 0. The zero-order chi connectivity index (χ0) is 27.0. The molecule has 0 amide bonds. The Balaban J connectivity index is 4.66. The van der Waals surface area contributed by atoms with Gasteiger partial charge in [-0.3, -0.25) is 0 Å². The van der Waals surface area contributed by atoms with E-state index in [1.807, 2.05) is 107 Å². The Morgan fingerprint density at radius 2 is 0.706 bits per heavy atom. The molecule has 1 aromatic carbocycles. The summed E-state index contributed by atoms with van der Waals surface area (Å²) in [5, 5.41) is -2.53. The van der Waals surface area contributed by atoms with Crippen LogP contribution in [0.3, 0.4) is 0 Å². The number of benzene rings is 1. The Morgan fingerprint density at radius 3 is 0.853 bits per heavy atom. The van der Waals surface area contributed by atoms with Crippen molar-refractivity contribution in [3.63, 3.8) is 0 Å². The third-order valence-corrected chi connectivity index (χ3v) is 13.7. The van der Waals surface area contributed by atoms with E-state index in [2.05, 4.69) is 0 Å². The van der Waals surface area contributed by atoms with E-state index in [9.17, 15) is 18.3 Å². The van der Waals surface area contributed by atoms with Gasteiger partial charge in [-0.2, -0.15) is 0 Å². The van der Waals surface area contributed by atoms with Gasteiger partial charge < -0.3 is 0 Å². The third-order valence-electron chi connectivity index (χ3n) is 9.71. The van der Waals surface area contributed by atoms with Gasteiger partial charge in [0.05, 0.1) is 0 Å². The van der Waals surface area contributed by atoms with Crippen LogP contribution in [0.1, 0.15) is 120 Å². The van der Waals surface area contributed by atoms with Crippen molar-refractivity contribution in [2.75, 3.05) is 0 Å². The highest BCUT2D eigenvalue weighted by Gasteiger charge is 2.65. The van der Waals surface area contributed by atoms with Crippen LogP contribution in [0, 0.1) is 21.7 Å². The Labute approximate surface area is 209 Å². The minimum atomic E-state index is -2.97. The average Bonchev–Trinajstić information content (AvgIpc) is 2.74. The zero-order valence-electron chi connectivity index (χ0n) is 23.7. The lowest BCUT2D eigenvalue weighted by molar-refractivity contribution is 0.0684. The highest BCUT2D eigenvalue weighted by atomic mass is 31.1. The molecular formula is C28H48O4P2. The summed E-state index contributed by atoms with van der Waals surface area (Å²) in [6.45, 7) is 24.2. The van der Waals surface area contributed by atoms with Gasteiger partial charge in [-0.15, -0.1) is 0 Å². The molecule has 0 aliphatic carbocycles. The topological polar surface area (TPSA) is 68.3 Å². The highest BCUT2D eigenvalue weighted by molar-refractivity contribution is 7.33. The van der Waals surface area contributed by atoms with E-state index in [-0.39, 0.29) is 0 Å². The fourth-order valence-corrected chi connectivity index (χ4v) is 10.0. The molecular weight excluding hydrogens is 462 g/mol. The summed E-state index contributed by atoms with van der Waals surface area (Å²) in [5.41, 5.74) is -1.25. The first-order valence-corrected chi connectivity index (χ1v) is 15.1. The normalized spacial score (nSPS) is 14.2. The Kier molecular flexibility index (Phi) is 9.30. The smallest absolute Gasteiger partial charge is 0.236 e. The van der Waals surface area contributed by atoms with Crippen LogP contribution in [-0.2, 0) is 28.6 Å². The van der Waals surface area contributed by atoms with Gasteiger partial charge in [0, 0.05) is 0 Å². The van der Waals surface area contributed by atoms with Crippen molar-refractivity contribution in [3.8, 4) is 0 Å². The second-order valence-electron chi connectivity index (χ2n) is 12.4. The summed E-state index contributed by atoms with van der Waals surface area (Å²) < 4.78 is 54.4. The first-order valence-electron chi connectivity index (χ1n) is 12.7. The predicted octanol–water partition coefficient (Wildman–Crippen LogP) is 10.2. The molecule has 0 atom stereocenters. The molecule has 0 aliphatic rings. The average molecular weight is 511 g/mol. The van der Waals surface area contributed by atoms with E-state index in [1.165, 1.54) is 0 Å². The standard InChI is InChI=1S/C28H48O4P2/c1-13-23(5,6)27(33(29)30,24(7,8)14-2)21-19-17-18-20-22(21)28(34(31)32,25(9,10)15-3)26(11,12)16-4/h17-20H,13-16H2,1-12H3. The van der Waals surface area contributed by atoms with Gasteiger partial charge in [0.25, 0.3) is 0 Å². The number of hydrogen-bond donors (Lipinski definition) is 0. The number of hydrogen-bond acceptors (Lipinski definition) is 4. The van der Waals surface area contributed by atoms with Gasteiger partial charge in [0.15, 0.2) is 0 Å². The largest absolute Gasteiger partial charge is 0.327 e. The van der Waals surface area contributed by atoms with Crippen molar-refractivity contribution in [1.82, 2.24) is 0 Å². The van der Waals surface area contributed by atoms with Gasteiger partial charge in [-0.25, -0.2) is 18.3 Å². The van der Waals surface area contributed by atoms with E-state index >= 15 is 0 Å². The summed E-state index contributed by atoms with van der Waals surface area (Å²) in [6.07, 6.45) is 2.55. The molecule has 0 heterocycles. The van der Waals surface area contributed by atoms with Crippen molar-refractivity contribution in [3.05, 3.63) is 35.4 Å². The van der Waals surface area contributed by atoms with Gasteiger partial charge in [0.1, 0.15) is 10.3 Å². The molecule has 0 bridgehead atoms. The van der Waals surface area contributed by atoms with Gasteiger partial charge >= 0.3 is 15.4 Å². The van der Waals surface area contributed by atoms with Crippen molar-refractivity contribution >= 4 is 15.4 Å². The SMILES string of the molecule is CCC(C)(C)C(c1ccccc1C(P(=O)=O)(C(C)(C)CC)C(C)(C)CC)(P(=O)=O)C(C)(C)CC. The van der Waals surface area contributed by atoms with Crippen molar-refractivity contribution in [2.24, 2.45) is 21.7 Å². The maximum atomic E-state index is 13.6. The second-order valence-corrected chi connectivity index (χ2v) is 14.8. The fourth-order valence-electron chi connectivity index (χ4n) is 6.61. The maximum absolute atomic E-state index is 13.6. The summed E-state index contributed by atoms with van der Waals surface area (Å²) in [5.74, 6) is 0. The summed E-state index contributed by atoms with van der Waals surface area (Å²) in [6, 6.07) is 7.51. The van der Waals surface area contributed by atoms with E-state index in [4.69, 9.17) is 0 Å². The third kappa shape index (κ3) is 4.16. The minimum absolute atomic E-state index is 0.634. The van der Waals surface area contributed by atoms with Gasteiger partial charge in [0.2, 0.25) is 0 Å². The quantitative estimate of drug-likeness (QED) is 0.262. The number of rotatable bonds is 12. The molecule has 0 N–H and O–H groups in total. The molecule has 1 rings (SSSR count). The highest BCUT2D eigenvalue weighted by Crippen LogP contribution is 2.71. The Hall–Kier alpha value is -0.980. The summed E-state index contributed by atoms with van der Waals surface area (Å²) in [7, 11) is -5.94. The Morgan fingerprint density at radius 1 is 0.500 bits per heavy atom. The first kappa shape index (κ1) is 31.1. The lowest BCUT2D eigenvalue weighted by atomic mass is 9.54. The van der Waals surface area contributed by atoms with E-state index < -0.39 is 47.3 Å². The molecule has 0 aromatic heterocycles. The molecule has 0 radical (unpaired) electrons. The van der Waals surface area contributed by atoms with Crippen LogP contribution in [0.2, 0.25) is 0 Å². The molecule has 0 unspecified atom stereocenters. The zero-order valence-corrected chi connectivity index (χ0v) is 25.5. The molecule has 0 spiro atoms. The second kappa shape index (κ2) is 10.2. The van der Waals surface area contributed by atoms with Crippen molar-refractivity contribution in [2.45, 2.75) is 119 Å². The summed E-state index contributed by atoms with van der Waals surface area (Å²) in [4.78, 5) is 0. The van der Waals surface area contributed by atoms with Crippen molar-refractivity contribution < 1.29 is 18.3 Å². The van der Waals surface area contributed by atoms with Crippen molar-refractivity contribution in [1.29, 1.82) is 0 Å². The van der Waals surface area contributed by atoms with Crippen LogP contribution in [0.25, 0.3) is 0 Å². The van der Waals surface area contributed by atoms with E-state index in [0.29, 0.717) is 36.8 Å². The molecule has 6 heteroatoms. The van der Waals surface area contributed by atoms with Gasteiger partial charge in [-0.05, 0) is 58.5 Å².